The summed E-state index contributed by atoms with van der Waals surface area (Å²) in [6.45, 7) is 0. The topological polar surface area (TPSA) is 22.8 Å². The smallest absolute Gasteiger partial charge is 0.145 e. The molecule has 10 aromatic rings. The fraction of sp³-hybridized carbons (Fsp3) is 0. The van der Waals surface area contributed by atoms with Crippen molar-refractivity contribution in [1.29, 1.82) is 0 Å². The highest BCUT2D eigenvalue weighted by Gasteiger charge is 2.21. The second kappa shape index (κ2) is 9.39. The third-order valence-electron chi connectivity index (χ3n) is 9.18. The number of imidazole rings is 1. The SMILES string of the molecule is c1ccc(-n2c(-c3ccc(-n4c5ccc6ccccc6c5c5c6sccc6c6ccccc6c54)cc3)nc3ccccc32)cc1. The molecule has 10 rings (SSSR count). The van der Waals surface area contributed by atoms with Crippen LogP contribution in [0.25, 0.3) is 87.2 Å². The van der Waals surface area contributed by atoms with Crippen LogP contribution in [-0.2, 0) is 0 Å². The van der Waals surface area contributed by atoms with Crippen molar-refractivity contribution in [2.24, 2.45) is 0 Å². The van der Waals surface area contributed by atoms with E-state index in [2.05, 4.69) is 160 Å². The Bertz CT molecular complexity index is 2750. The highest BCUT2D eigenvalue weighted by atomic mass is 32.1. The average molecular weight is 592 g/mol. The van der Waals surface area contributed by atoms with Crippen LogP contribution in [0.15, 0.2) is 151 Å². The number of fused-ring (bicyclic) bond motifs is 11. The van der Waals surface area contributed by atoms with Gasteiger partial charge in [-0.05, 0) is 82.2 Å². The number of hydrogen-bond donors (Lipinski definition) is 0. The van der Waals surface area contributed by atoms with Gasteiger partial charge in [0.15, 0.2) is 0 Å². The van der Waals surface area contributed by atoms with Gasteiger partial charge in [0.25, 0.3) is 0 Å². The molecule has 0 amide bonds. The predicted octanol–water partition coefficient (Wildman–Crippen LogP) is 11.3. The highest BCUT2D eigenvalue weighted by molar-refractivity contribution is 7.18. The molecule has 3 heterocycles. The summed E-state index contributed by atoms with van der Waals surface area (Å²) in [5, 5.41) is 11.3. The van der Waals surface area contributed by atoms with Crippen LogP contribution in [0.1, 0.15) is 0 Å². The largest absolute Gasteiger partial charge is 0.309 e. The Morgan fingerprint density at radius 1 is 0.467 bits per heavy atom. The van der Waals surface area contributed by atoms with E-state index in [1.54, 1.807) is 0 Å². The Kier molecular flexibility index (Phi) is 5.16. The van der Waals surface area contributed by atoms with Gasteiger partial charge >= 0.3 is 0 Å². The molecule has 0 saturated heterocycles. The van der Waals surface area contributed by atoms with Crippen molar-refractivity contribution in [3.8, 4) is 22.8 Å². The van der Waals surface area contributed by atoms with Gasteiger partial charge in [-0.2, -0.15) is 0 Å². The van der Waals surface area contributed by atoms with Gasteiger partial charge in [-0.15, -0.1) is 11.3 Å². The van der Waals surface area contributed by atoms with E-state index in [9.17, 15) is 0 Å². The Morgan fingerprint density at radius 3 is 2.04 bits per heavy atom. The molecular weight excluding hydrogens is 567 g/mol. The first kappa shape index (κ1) is 24.7. The first-order chi connectivity index (χ1) is 22.3. The van der Waals surface area contributed by atoms with Crippen LogP contribution in [0.4, 0.5) is 0 Å². The molecule has 0 aliphatic carbocycles. The quantitative estimate of drug-likeness (QED) is 0.200. The Labute approximate surface area is 262 Å². The molecule has 45 heavy (non-hydrogen) atoms. The van der Waals surface area contributed by atoms with Gasteiger partial charge in [0.05, 0.1) is 22.1 Å². The lowest BCUT2D eigenvalue weighted by atomic mass is 9.99. The van der Waals surface area contributed by atoms with Gasteiger partial charge in [0.2, 0.25) is 0 Å². The van der Waals surface area contributed by atoms with Crippen LogP contribution < -0.4 is 0 Å². The maximum absolute atomic E-state index is 5.11. The molecule has 0 aliphatic rings. The molecule has 0 bridgehead atoms. The number of nitrogens with zero attached hydrogens (tertiary/aromatic N) is 3. The maximum atomic E-state index is 5.11. The summed E-state index contributed by atoms with van der Waals surface area (Å²) in [4.78, 5) is 5.11. The van der Waals surface area contributed by atoms with Crippen LogP contribution in [0, 0.1) is 0 Å². The summed E-state index contributed by atoms with van der Waals surface area (Å²) < 4.78 is 6.08. The average Bonchev–Trinajstić information content (AvgIpc) is 3.83. The van der Waals surface area contributed by atoms with Gasteiger partial charge in [-0.25, -0.2) is 4.98 Å². The van der Waals surface area contributed by atoms with Crippen molar-refractivity contribution < 1.29 is 0 Å². The minimum Gasteiger partial charge on any atom is -0.309 e. The third kappa shape index (κ3) is 3.48. The van der Waals surface area contributed by atoms with Crippen molar-refractivity contribution >= 4 is 75.8 Å². The first-order valence-electron chi connectivity index (χ1n) is 15.2. The van der Waals surface area contributed by atoms with Gasteiger partial charge in [0, 0.05) is 43.2 Å². The zero-order valence-electron chi connectivity index (χ0n) is 24.2. The van der Waals surface area contributed by atoms with E-state index in [1.807, 2.05) is 11.3 Å². The van der Waals surface area contributed by atoms with E-state index in [4.69, 9.17) is 4.98 Å². The number of hydrogen-bond acceptors (Lipinski definition) is 2. The zero-order chi connectivity index (χ0) is 29.5. The van der Waals surface area contributed by atoms with Crippen molar-refractivity contribution in [3.63, 3.8) is 0 Å². The zero-order valence-corrected chi connectivity index (χ0v) is 25.0. The molecule has 3 aromatic heterocycles. The van der Waals surface area contributed by atoms with E-state index in [-0.39, 0.29) is 0 Å². The van der Waals surface area contributed by atoms with Crippen LogP contribution in [-0.4, -0.2) is 14.1 Å². The molecule has 4 heteroatoms. The van der Waals surface area contributed by atoms with Crippen LogP contribution >= 0.6 is 11.3 Å². The van der Waals surface area contributed by atoms with E-state index >= 15 is 0 Å². The predicted molar refractivity (Wildman–Crippen MR) is 191 cm³/mol. The molecule has 0 radical (unpaired) electrons. The number of benzene rings is 7. The summed E-state index contributed by atoms with van der Waals surface area (Å²) in [6.07, 6.45) is 0. The molecule has 0 atom stereocenters. The van der Waals surface area contributed by atoms with Crippen LogP contribution in [0.2, 0.25) is 0 Å². The summed E-state index contributed by atoms with van der Waals surface area (Å²) in [7, 11) is 0. The minimum atomic E-state index is 0.938. The molecule has 0 aliphatic heterocycles. The van der Waals surface area contributed by atoms with Gasteiger partial charge in [-0.1, -0.05) is 84.9 Å². The van der Waals surface area contributed by atoms with E-state index in [1.165, 1.54) is 53.4 Å². The van der Waals surface area contributed by atoms with Crippen LogP contribution in [0.3, 0.4) is 0 Å². The number of thiophene rings is 1. The van der Waals surface area contributed by atoms with Crippen molar-refractivity contribution in [3.05, 3.63) is 151 Å². The molecular formula is C41H25N3S. The molecule has 0 spiro atoms. The fourth-order valence-electron chi connectivity index (χ4n) is 7.26. The fourth-order valence-corrected chi connectivity index (χ4v) is 8.22. The Morgan fingerprint density at radius 2 is 1.18 bits per heavy atom. The third-order valence-corrected chi connectivity index (χ3v) is 10.1. The molecule has 210 valence electrons. The number of rotatable bonds is 3. The van der Waals surface area contributed by atoms with Crippen molar-refractivity contribution in [1.82, 2.24) is 14.1 Å². The Hall–Kier alpha value is -5.71. The van der Waals surface area contributed by atoms with E-state index in [0.717, 1.165) is 33.8 Å². The molecule has 3 nitrogen and oxygen atoms in total. The lowest BCUT2D eigenvalue weighted by Crippen LogP contribution is -1.98. The van der Waals surface area contributed by atoms with Gasteiger partial charge in [-0.3, -0.25) is 4.57 Å². The van der Waals surface area contributed by atoms with E-state index in [0.29, 0.717) is 0 Å². The molecule has 0 N–H and O–H groups in total. The summed E-state index contributed by atoms with van der Waals surface area (Å²) in [6, 6.07) is 52.3. The summed E-state index contributed by atoms with van der Waals surface area (Å²) in [5.74, 6) is 0.938. The van der Waals surface area contributed by atoms with E-state index < -0.39 is 0 Å². The van der Waals surface area contributed by atoms with Gasteiger partial charge in [0.1, 0.15) is 5.82 Å². The summed E-state index contributed by atoms with van der Waals surface area (Å²) in [5.41, 5.74) is 7.89. The standard InChI is InChI=1S/C41H25N3S/c1-2-11-28(12-3-1)44-35-17-9-8-16-34(35)42-41(44)27-18-21-29(22-19-27)43-36-23-20-26-10-4-5-13-30(26)37(36)38-39(43)32-15-7-6-14-31(32)33-24-25-45-40(33)38/h1-25H. The lowest BCUT2D eigenvalue weighted by Gasteiger charge is -2.13. The van der Waals surface area contributed by atoms with Gasteiger partial charge < -0.3 is 4.57 Å². The highest BCUT2D eigenvalue weighted by Crippen LogP contribution is 2.46. The molecule has 7 aromatic carbocycles. The summed E-state index contributed by atoms with van der Waals surface area (Å²) >= 11 is 1.84. The first-order valence-corrected chi connectivity index (χ1v) is 16.1. The second-order valence-electron chi connectivity index (χ2n) is 11.6. The maximum Gasteiger partial charge on any atom is 0.145 e. The molecule has 0 saturated carbocycles. The Balaban J connectivity index is 1.28. The number of aromatic nitrogens is 3. The second-order valence-corrected chi connectivity index (χ2v) is 12.5. The minimum absolute atomic E-state index is 0.938. The molecule has 0 unspecified atom stereocenters. The lowest BCUT2D eigenvalue weighted by molar-refractivity contribution is 1.10. The molecule has 0 fully saturated rings. The van der Waals surface area contributed by atoms with Crippen molar-refractivity contribution in [2.75, 3.05) is 0 Å². The van der Waals surface area contributed by atoms with Crippen LogP contribution in [0.5, 0.6) is 0 Å². The number of para-hydroxylation sites is 3. The normalized spacial score (nSPS) is 12.0. The van der Waals surface area contributed by atoms with Crippen molar-refractivity contribution in [2.45, 2.75) is 0 Å². The monoisotopic (exact) mass is 591 g/mol.